The molecule has 0 saturated carbocycles. The molecule has 1 amide bonds. The van der Waals surface area contributed by atoms with Crippen LogP contribution in [0.5, 0.6) is 11.5 Å². The van der Waals surface area contributed by atoms with E-state index < -0.39 is 0 Å². The molecule has 1 aliphatic rings. The van der Waals surface area contributed by atoms with Crippen LogP contribution in [0.4, 0.5) is 0 Å². The van der Waals surface area contributed by atoms with Gasteiger partial charge in [0.05, 0.1) is 19.4 Å². The lowest BCUT2D eigenvalue weighted by Gasteiger charge is -2.21. The Morgan fingerprint density at radius 2 is 2.08 bits per heavy atom. The molecule has 0 saturated heterocycles. The van der Waals surface area contributed by atoms with E-state index in [1.54, 1.807) is 0 Å². The number of rotatable bonds is 8. The summed E-state index contributed by atoms with van der Waals surface area (Å²) in [7, 11) is 0. The lowest BCUT2D eigenvalue weighted by molar-refractivity contribution is -0.125. The maximum atomic E-state index is 12.4. The van der Waals surface area contributed by atoms with Gasteiger partial charge in [0.1, 0.15) is 0 Å². The van der Waals surface area contributed by atoms with E-state index in [0.29, 0.717) is 19.8 Å². The van der Waals surface area contributed by atoms with Crippen LogP contribution in [0.2, 0.25) is 0 Å². The molecule has 1 unspecified atom stereocenters. The first-order chi connectivity index (χ1) is 12.7. The molecule has 0 spiro atoms. The number of carbonyl (C=O) groups is 1. The fourth-order valence-electron chi connectivity index (χ4n) is 3.36. The quantitative estimate of drug-likeness (QED) is 0.762. The van der Waals surface area contributed by atoms with E-state index in [0.717, 1.165) is 48.4 Å². The van der Waals surface area contributed by atoms with Gasteiger partial charge in [-0.15, -0.1) is 0 Å². The van der Waals surface area contributed by atoms with Crippen molar-refractivity contribution in [1.82, 2.24) is 15.5 Å². The topological polar surface area (TPSA) is 76.2 Å². The van der Waals surface area contributed by atoms with E-state index in [4.69, 9.17) is 9.47 Å². The van der Waals surface area contributed by atoms with Gasteiger partial charge in [0, 0.05) is 24.6 Å². The largest absolute Gasteiger partial charge is 0.490 e. The van der Waals surface area contributed by atoms with Gasteiger partial charge in [0.2, 0.25) is 5.91 Å². The molecule has 1 aromatic heterocycles. The molecule has 1 aromatic carbocycles. The van der Waals surface area contributed by atoms with E-state index in [-0.39, 0.29) is 11.8 Å². The van der Waals surface area contributed by atoms with Crippen molar-refractivity contribution < 1.29 is 14.3 Å². The zero-order valence-electron chi connectivity index (χ0n) is 15.5. The number of H-pyrrole nitrogens is 1. The summed E-state index contributed by atoms with van der Waals surface area (Å²) in [5.74, 6) is 1.68. The summed E-state index contributed by atoms with van der Waals surface area (Å²) < 4.78 is 11.2. The number of nitrogens with one attached hydrogen (secondary N) is 2. The summed E-state index contributed by atoms with van der Waals surface area (Å²) >= 11 is 0. The third-order valence-corrected chi connectivity index (χ3v) is 4.71. The Morgan fingerprint density at radius 1 is 1.27 bits per heavy atom. The Morgan fingerprint density at radius 3 is 2.88 bits per heavy atom. The number of ether oxygens (including phenoxy) is 2. The number of aromatic amines is 1. The van der Waals surface area contributed by atoms with Crippen molar-refractivity contribution in [2.75, 3.05) is 19.8 Å². The lowest BCUT2D eigenvalue weighted by atomic mass is 9.87. The highest BCUT2D eigenvalue weighted by molar-refractivity contribution is 5.79. The van der Waals surface area contributed by atoms with Gasteiger partial charge in [-0.05, 0) is 56.4 Å². The Balaban J connectivity index is 1.51. The van der Waals surface area contributed by atoms with Crippen molar-refractivity contribution in [3.8, 4) is 11.5 Å². The van der Waals surface area contributed by atoms with Crippen LogP contribution in [0.1, 0.15) is 37.1 Å². The first-order valence-electron chi connectivity index (χ1n) is 9.38. The molecule has 6 heteroatoms. The predicted octanol–water partition coefficient (Wildman–Crippen LogP) is 2.67. The van der Waals surface area contributed by atoms with Crippen LogP contribution in [-0.4, -0.2) is 35.9 Å². The number of amides is 1. The van der Waals surface area contributed by atoms with Crippen LogP contribution in [0.25, 0.3) is 0 Å². The van der Waals surface area contributed by atoms with Gasteiger partial charge in [-0.1, -0.05) is 6.07 Å². The average molecular weight is 357 g/mol. The minimum absolute atomic E-state index is 0.0299. The van der Waals surface area contributed by atoms with E-state index in [2.05, 4.69) is 15.5 Å². The van der Waals surface area contributed by atoms with Gasteiger partial charge in [-0.25, -0.2) is 0 Å². The van der Waals surface area contributed by atoms with E-state index in [1.807, 2.05) is 38.2 Å². The Bertz CT molecular complexity index is 742. The first-order valence-corrected chi connectivity index (χ1v) is 9.38. The van der Waals surface area contributed by atoms with Gasteiger partial charge in [-0.3, -0.25) is 9.89 Å². The van der Waals surface area contributed by atoms with Crippen molar-refractivity contribution in [3.63, 3.8) is 0 Å². The molecule has 1 aliphatic carbocycles. The molecule has 2 N–H and O–H groups in total. The average Bonchev–Trinajstić information content (AvgIpc) is 3.12. The van der Waals surface area contributed by atoms with Crippen molar-refractivity contribution >= 4 is 5.91 Å². The minimum Gasteiger partial charge on any atom is -0.490 e. The molecule has 1 heterocycles. The van der Waals surface area contributed by atoms with Crippen molar-refractivity contribution in [2.45, 2.75) is 39.5 Å². The smallest absolute Gasteiger partial charge is 0.223 e. The summed E-state index contributed by atoms with van der Waals surface area (Å²) in [4.78, 5) is 12.4. The van der Waals surface area contributed by atoms with Crippen LogP contribution in [-0.2, 0) is 24.1 Å². The molecule has 0 radical (unpaired) electrons. The fraction of sp³-hybridized carbons (Fsp3) is 0.500. The zero-order chi connectivity index (χ0) is 18.4. The van der Waals surface area contributed by atoms with E-state index in [1.165, 1.54) is 5.56 Å². The molecule has 6 nitrogen and oxygen atoms in total. The summed E-state index contributed by atoms with van der Waals surface area (Å²) in [5.41, 5.74) is 3.47. The number of hydrogen-bond acceptors (Lipinski definition) is 4. The number of benzene rings is 1. The van der Waals surface area contributed by atoms with Crippen LogP contribution < -0.4 is 14.8 Å². The van der Waals surface area contributed by atoms with Crippen molar-refractivity contribution in [3.05, 3.63) is 41.2 Å². The normalized spacial score (nSPS) is 16.0. The Labute approximate surface area is 154 Å². The molecule has 2 aromatic rings. The summed E-state index contributed by atoms with van der Waals surface area (Å²) in [6.07, 6.45) is 5.18. The second-order valence-electron chi connectivity index (χ2n) is 6.50. The van der Waals surface area contributed by atoms with E-state index >= 15 is 0 Å². The second kappa shape index (κ2) is 8.74. The molecular formula is C20H27N3O3. The molecule has 0 fully saturated rings. The number of nitrogens with zero attached hydrogens (tertiary/aromatic N) is 1. The second-order valence-corrected chi connectivity index (χ2v) is 6.50. The van der Waals surface area contributed by atoms with Crippen molar-refractivity contribution in [2.24, 2.45) is 5.92 Å². The maximum Gasteiger partial charge on any atom is 0.223 e. The van der Waals surface area contributed by atoms with E-state index in [9.17, 15) is 4.79 Å². The highest BCUT2D eigenvalue weighted by Crippen LogP contribution is 2.28. The maximum absolute atomic E-state index is 12.4. The highest BCUT2D eigenvalue weighted by atomic mass is 16.5. The summed E-state index contributed by atoms with van der Waals surface area (Å²) in [6.45, 7) is 5.73. The number of aryl methyl sites for hydroxylation is 1. The van der Waals surface area contributed by atoms with Gasteiger partial charge in [-0.2, -0.15) is 5.10 Å². The number of fused-ring (bicyclic) bond motifs is 1. The third kappa shape index (κ3) is 4.36. The number of carbonyl (C=O) groups excluding carboxylic acids is 1. The monoisotopic (exact) mass is 357 g/mol. The van der Waals surface area contributed by atoms with Crippen LogP contribution in [0, 0.1) is 5.92 Å². The Hall–Kier alpha value is -2.50. The minimum atomic E-state index is 0.0299. The predicted molar refractivity (Wildman–Crippen MR) is 99.6 cm³/mol. The number of hydrogen-bond donors (Lipinski definition) is 2. The number of aromatic nitrogens is 2. The summed E-state index contributed by atoms with van der Waals surface area (Å²) in [6, 6.07) is 5.96. The van der Waals surface area contributed by atoms with Gasteiger partial charge in [0.15, 0.2) is 11.5 Å². The third-order valence-electron chi connectivity index (χ3n) is 4.71. The summed E-state index contributed by atoms with van der Waals surface area (Å²) in [5, 5.41) is 10.1. The van der Waals surface area contributed by atoms with Gasteiger partial charge < -0.3 is 14.8 Å². The molecular weight excluding hydrogens is 330 g/mol. The first kappa shape index (κ1) is 18.3. The lowest BCUT2D eigenvalue weighted by Crippen LogP contribution is -2.35. The molecule has 0 bridgehead atoms. The molecule has 1 atom stereocenters. The van der Waals surface area contributed by atoms with Crippen molar-refractivity contribution in [1.29, 1.82) is 0 Å². The molecule has 26 heavy (non-hydrogen) atoms. The molecule has 0 aliphatic heterocycles. The SMILES string of the molecule is CCOc1ccc(CCNC(=O)C2CCc3cn[nH]c3C2)cc1OCC. The standard InChI is InChI=1S/C20H27N3O3/c1-3-25-18-8-5-14(11-19(18)26-4-2)9-10-21-20(24)15-6-7-16-13-22-23-17(16)12-15/h5,8,11,13,15H,3-4,6-7,9-10,12H2,1-2H3,(H,21,24)(H,22,23). The Kier molecular flexibility index (Phi) is 6.15. The molecule has 140 valence electrons. The fourth-order valence-corrected chi connectivity index (χ4v) is 3.36. The van der Waals surface area contributed by atoms with Crippen LogP contribution in [0.15, 0.2) is 24.4 Å². The van der Waals surface area contributed by atoms with Crippen LogP contribution in [0.3, 0.4) is 0 Å². The molecule has 3 rings (SSSR count). The van der Waals surface area contributed by atoms with Crippen LogP contribution >= 0.6 is 0 Å². The zero-order valence-corrected chi connectivity index (χ0v) is 15.5. The van der Waals surface area contributed by atoms with Gasteiger partial charge >= 0.3 is 0 Å². The highest BCUT2D eigenvalue weighted by Gasteiger charge is 2.25. The van der Waals surface area contributed by atoms with Gasteiger partial charge in [0.25, 0.3) is 0 Å².